The molecule has 0 bridgehead atoms. The van der Waals surface area contributed by atoms with Crippen LogP contribution in [-0.4, -0.2) is 63.2 Å². The van der Waals surface area contributed by atoms with Crippen molar-refractivity contribution >= 4 is 40.4 Å². The largest absolute Gasteiger partial charge is 0.490 e. The molecule has 0 amide bonds. The van der Waals surface area contributed by atoms with Gasteiger partial charge in [-0.25, -0.2) is 18.4 Å². The SMILES string of the molecule is Nc1nc2c(cnn2[C@H]2C[C@H](O)[C@@H](COP(=O)(O)OP(=O)(O)OP(=O)(O)O)O2)c(=O)[nH]1. The van der Waals surface area contributed by atoms with E-state index in [4.69, 9.17) is 25.2 Å². The van der Waals surface area contributed by atoms with E-state index >= 15 is 0 Å². The van der Waals surface area contributed by atoms with Crippen LogP contribution >= 0.6 is 23.5 Å². The summed E-state index contributed by atoms with van der Waals surface area (Å²) in [7, 11) is -16.6. The highest BCUT2D eigenvalue weighted by molar-refractivity contribution is 7.66. The molecule has 1 aliphatic rings. The standard InChI is InChI=1S/C10H16N5O13P3/c11-10-13-8-4(9(17)14-10)2-12-15(8)7-1-5(16)6(26-7)3-25-30(21,22)28-31(23,24)27-29(18,19)20/h2,5-7,16H,1,3H2,(H,21,22)(H,23,24)(H2,18,19,20)(H3,11,13,14,17)/t5-,6+,7+/m0/s1. The van der Waals surface area contributed by atoms with Crippen molar-refractivity contribution in [2.24, 2.45) is 0 Å². The van der Waals surface area contributed by atoms with Crippen LogP contribution in [-0.2, 0) is 31.6 Å². The second-order valence-corrected chi connectivity index (χ2v) is 10.5. The molecule has 0 aliphatic carbocycles. The molecule has 1 aliphatic heterocycles. The fourth-order valence-corrected chi connectivity index (χ4v) is 5.68. The van der Waals surface area contributed by atoms with Crippen molar-refractivity contribution in [3.63, 3.8) is 0 Å². The van der Waals surface area contributed by atoms with Gasteiger partial charge in [0, 0.05) is 6.42 Å². The number of hydrogen-bond acceptors (Lipinski definition) is 12. The summed E-state index contributed by atoms with van der Waals surface area (Å²) in [4.78, 5) is 53.6. The van der Waals surface area contributed by atoms with Gasteiger partial charge in [-0.15, -0.1) is 0 Å². The topological polar surface area (TPSA) is 279 Å². The van der Waals surface area contributed by atoms with Crippen molar-refractivity contribution < 1.29 is 56.3 Å². The third-order valence-electron chi connectivity index (χ3n) is 3.78. The van der Waals surface area contributed by atoms with Gasteiger partial charge in [0.1, 0.15) is 11.5 Å². The fraction of sp³-hybridized carbons (Fsp3) is 0.500. The van der Waals surface area contributed by atoms with E-state index in [0.29, 0.717) is 0 Å². The molecule has 1 saturated heterocycles. The number of nitrogens with one attached hydrogen (secondary N) is 1. The van der Waals surface area contributed by atoms with Gasteiger partial charge in [-0.3, -0.25) is 14.3 Å². The second kappa shape index (κ2) is 8.44. The van der Waals surface area contributed by atoms with Crippen molar-refractivity contribution in [3.8, 4) is 0 Å². The van der Waals surface area contributed by atoms with E-state index in [9.17, 15) is 28.5 Å². The first-order valence-corrected chi connectivity index (χ1v) is 12.5. The molecule has 21 heteroatoms. The highest BCUT2D eigenvalue weighted by Gasteiger charge is 2.43. The lowest BCUT2D eigenvalue weighted by Gasteiger charge is -2.19. The monoisotopic (exact) mass is 507 g/mol. The van der Waals surface area contributed by atoms with Gasteiger partial charge in [0.15, 0.2) is 11.9 Å². The van der Waals surface area contributed by atoms with Crippen molar-refractivity contribution in [1.29, 1.82) is 0 Å². The summed E-state index contributed by atoms with van der Waals surface area (Å²) < 4.78 is 51.9. The zero-order valence-corrected chi connectivity index (χ0v) is 17.7. The minimum absolute atomic E-state index is 0.0481. The average Bonchev–Trinajstić information content (AvgIpc) is 3.13. The molecule has 2 aromatic rings. The van der Waals surface area contributed by atoms with Gasteiger partial charge in [0.2, 0.25) is 5.95 Å². The lowest BCUT2D eigenvalue weighted by atomic mass is 10.2. The van der Waals surface area contributed by atoms with Crippen LogP contribution in [0.4, 0.5) is 5.95 Å². The molecule has 2 aromatic heterocycles. The maximum atomic E-state index is 11.9. The van der Waals surface area contributed by atoms with Crippen LogP contribution in [0.15, 0.2) is 11.0 Å². The second-order valence-electron chi connectivity index (χ2n) is 6.10. The van der Waals surface area contributed by atoms with Gasteiger partial charge in [0.05, 0.1) is 18.9 Å². The van der Waals surface area contributed by atoms with E-state index in [1.165, 1.54) is 6.20 Å². The molecule has 0 radical (unpaired) electrons. The van der Waals surface area contributed by atoms with Gasteiger partial charge in [0.25, 0.3) is 5.56 Å². The Balaban J connectivity index is 1.67. The molecular formula is C10H16N5O13P3. The summed E-state index contributed by atoms with van der Waals surface area (Å²) in [5.74, 6) is -0.193. The molecule has 0 aromatic carbocycles. The summed E-state index contributed by atoms with van der Waals surface area (Å²) in [6.07, 6.45) is -2.47. The van der Waals surface area contributed by atoms with E-state index < -0.39 is 54.1 Å². The maximum Gasteiger partial charge on any atom is 0.490 e. The first kappa shape index (κ1) is 24.1. The lowest BCUT2D eigenvalue weighted by molar-refractivity contribution is -0.0461. The quantitative estimate of drug-likeness (QED) is 0.204. The van der Waals surface area contributed by atoms with Gasteiger partial charge in [-0.1, -0.05) is 0 Å². The molecule has 1 fully saturated rings. The van der Waals surface area contributed by atoms with Crippen LogP contribution in [0.1, 0.15) is 12.6 Å². The van der Waals surface area contributed by atoms with Gasteiger partial charge in [-0.2, -0.15) is 18.7 Å². The zero-order valence-electron chi connectivity index (χ0n) is 15.0. The number of hydrogen-bond donors (Lipinski definition) is 7. The summed E-state index contributed by atoms with van der Waals surface area (Å²) in [6.45, 7) is -0.850. The van der Waals surface area contributed by atoms with Crippen molar-refractivity contribution in [2.75, 3.05) is 12.3 Å². The number of phosphoric acid groups is 3. The minimum Gasteiger partial charge on any atom is -0.390 e. The Morgan fingerprint density at radius 1 is 1.23 bits per heavy atom. The smallest absolute Gasteiger partial charge is 0.390 e. The van der Waals surface area contributed by atoms with E-state index in [-0.39, 0.29) is 23.4 Å². The molecule has 31 heavy (non-hydrogen) atoms. The Bertz CT molecular complexity index is 1170. The summed E-state index contributed by atoms with van der Waals surface area (Å²) in [6, 6.07) is 0. The van der Waals surface area contributed by atoms with Gasteiger partial charge >= 0.3 is 23.5 Å². The van der Waals surface area contributed by atoms with Crippen LogP contribution in [0.5, 0.6) is 0 Å². The third-order valence-corrected chi connectivity index (χ3v) is 7.58. The number of phosphoric ester groups is 1. The van der Waals surface area contributed by atoms with Crippen LogP contribution in [0.3, 0.4) is 0 Å². The molecule has 18 nitrogen and oxygen atoms in total. The maximum absolute atomic E-state index is 11.9. The van der Waals surface area contributed by atoms with Crippen molar-refractivity contribution in [1.82, 2.24) is 19.7 Å². The lowest BCUT2D eigenvalue weighted by Crippen LogP contribution is -2.26. The van der Waals surface area contributed by atoms with Crippen LogP contribution in [0, 0.1) is 0 Å². The Morgan fingerprint density at radius 3 is 2.55 bits per heavy atom. The number of rotatable bonds is 8. The number of nitrogen functional groups attached to an aromatic ring is 1. The van der Waals surface area contributed by atoms with E-state index in [2.05, 4.69) is 28.2 Å². The summed E-state index contributed by atoms with van der Waals surface area (Å²) >= 11 is 0. The van der Waals surface area contributed by atoms with Crippen LogP contribution < -0.4 is 11.3 Å². The number of aliphatic hydroxyl groups excluding tert-OH is 1. The third kappa shape index (κ3) is 6.04. The number of nitrogens with two attached hydrogens (primary N) is 1. The van der Waals surface area contributed by atoms with Gasteiger partial charge in [-0.05, 0) is 0 Å². The Kier molecular flexibility index (Phi) is 6.57. The molecule has 3 rings (SSSR count). The number of aliphatic hydroxyl groups is 1. The number of H-pyrrole nitrogens is 1. The molecule has 0 spiro atoms. The van der Waals surface area contributed by atoms with E-state index in [1.807, 2.05) is 0 Å². The molecule has 8 N–H and O–H groups in total. The Hall–Kier alpha value is -1.52. The number of anilines is 1. The molecule has 174 valence electrons. The minimum atomic E-state index is -5.67. The van der Waals surface area contributed by atoms with Crippen LogP contribution in [0.25, 0.3) is 11.0 Å². The Labute approximate surface area is 171 Å². The highest BCUT2D eigenvalue weighted by atomic mass is 31.3. The predicted molar refractivity (Wildman–Crippen MR) is 96.9 cm³/mol. The summed E-state index contributed by atoms with van der Waals surface area (Å²) in [5, 5.41) is 14.2. The fourth-order valence-electron chi connectivity index (χ4n) is 2.65. The average molecular weight is 507 g/mol. The number of aromatic nitrogens is 4. The molecular weight excluding hydrogens is 491 g/mol. The first-order valence-electron chi connectivity index (χ1n) is 8.01. The predicted octanol–water partition coefficient (Wildman–Crippen LogP) is -1.31. The molecule has 2 unspecified atom stereocenters. The number of fused-ring (bicyclic) bond motifs is 1. The van der Waals surface area contributed by atoms with Crippen LogP contribution in [0.2, 0.25) is 0 Å². The molecule has 3 heterocycles. The highest BCUT2D eigenvalue weighted by Crippen LogP contribution is 2.66. The summed E-state index contributed by atoms with van der Waals surface area (Å²) in [5.41, 5.74) is 4.99. The first-order chi connectivity index (χ1) is 14.2. The zero-order chi connectivity index (χ0) is 23.2. The van der Waals surface area contributed by atoms with Crippen molar-refractivity contribution in [3.05, 3.63) is 16.6 Å². The number of ether oxygens (including phenoxy) is 1. The van der Waals surface area contributed by atoms with Crippen molar-refractivity contribution in [2.45, 2.75) is 24.9 Å². The van der Waals surface area contributed by atoms with Gasteiger partial charge < -0.3 is 35.2 Å². The number of nitrogens with zero attached hydrogens (tertiary/aromatic N) is 3. The Morgan fingerprint density at radius 2 is 1.90 bits per heavy atom. The normalized spacial score (nSPS) is 26.0. The van der Waals surface area contributed by atoms with E-state index in [1.54, 1.807) is 0 Å². The van der Waals surface area contributed by atoms with E-state index in [0.717, 1.165) is 4.68 Å². The number of aromatic amines is 1. The molecule has 5 atom stereocenters. The molecule has 0 saturated carbocycles.